The van der Waals surface area contributed by atoms with Gasteiger partial charge in [0.05, 0.1) is 13.0 Å². The van der Waals surface area contributed by atoms with Gasteiger partial charge in [-0.25, -0.2) is 4.79 Å². The second kappa shape index (κ2) is 14.5. The Morgan fingerprint density at radius 2 is 1.84 bits per heavy atom. The maximum absolute atomic E-state index is 13.6. The number of esters is 1. The molecule has 0 aromatic heterocycles. The average molecular weight is 533 g/mol. The number of aromatic hydroxyl groups is 1. The fourth-order valence-electron chi connectivity index (χ4n) is 3.34. The molecule has 0 spiro atoms. The largest absolute Gasteiger partial charge is 0.507 e. The number of aryl methyl sites for hydroxylation is 1. The Morgan fingerprint density at radius 3 is 2.39 bits per heavy atom. The molecule has 0 bridgehead atoms. The molecule has 0 aliphatic carbocycles. The summed E-state index contributed by atoms with van der Waals surface area (Å²) in [6, 6.07) is 3.77. The van der Waals surface area contributed by atoms with Gasteiger partial charge in [0.1, 0.15) is 17.4 Å². The Morgan fingerprint density at radius 1 is 1.18 bits per heavy atom. The Balaban J connectivity index is 3.40. The minimum absolute atomic E-state index is 0.0101. The lowest BCUT2D eigenvalue weighted by Gasteiger charge is -2.30. The fraction of sp³-hybridized carbons (Fsp3) is 0.500. The number of benzene rings is 1. The number of ether oxygens (including phenoxy) is 2. The zero-order valence-electron chi connectivity index (χ0n) is 22.3. The van der Waals surface area contributed by atoms with E-state index in [1.807, 2.05) is 0 Å². The number of hydrogen-bond donors (Lipinski definition) is 4. The average Bonchev–Trinajstić information content (AvgIpc) is 2.80. The summed E-state index contributed by atoms with van der Waals surface area (Å²) >= 11 is 0. The first-order valence-electron chi connectivity index (χ1n) is 12.0. The zero-order valence-corrected chi connectivity index (χ0v) is 22.3. The van der Waals surface area contributed by atoms with E-state index in [4.69, 9.17) is 21.6 Å². The van der Waals surface area contributed by atoms with Crippen LogP contribution < -0.4 is 16.4 Å². The standard InChI is InChI=1S/C26H36N4O8/c1-7-30(24(35)18(12-13-19(27)31)29-25(36)38-26(4,5)6)21(17-11-9-10-16(3)22(17)33)23(34)28-15-14-20(32)37-8-2/h1,9-11,18,21,33H,8,12-15H2,2-6H3,(H2,27,31)(H,28,34)(H,29,36). The Labute approximate surface area is 222 Å². The second-order valence-corrected chi connectivity index (χ2v) is 9.30. The fourth-order valence-corrected chi connectivity index (χ4v) is 3.34. The van der Waals surface area contributed by atoms with E-state index in [9.17, 15) is 29.1 Å². The van der Waals surface area contributed by atoms with Crippen LogP contribution in [0.15, 0.2) is 18.2 Å². The Bertz CT molecular complexity index is 1070. The maximum Gasteiger partial charge on any atom is 0.408 e. The summed E-state index contributed by atoms with van der Waals surface area (Å²) < 4.78 is 10.1. The highest BCUT2D eigenvalue weighted by Crippen LogP contribution is 2.32. The molecule has 2 unspecified atom stereocenters. The van der Waals surface area contributed by atoms with E-state index < -0.39 is 47.5 Å². The van der Waals surface area contributed by atoms with Crippen molar-refractivity contribution >= 4 is 29.8 Å². The van der Waals surface area contributed by atoms with E-state index >= 15 is 0 Å². The number of nitrogens with zero attached hydrogens (tertiary/aromatic N) is 1. The van der Waals surface area contributed by atoms with Gasteiger partial charge in [0.15, 0.2) is 6.04 Å². The van der Waals surface area contributed by atoms with Gasteiger partial charge in [0.2, 0.25) is 11.8 Å². The van der Waals surface area contributed by atoms with Gasteiger partial charge >= 0.3 is 12.1 Å². The smallest absolute Gasteiger partial charge is 0.408 e. The van der Waals surface area contributed by atoms with Crippen molar-refractivity contribution in [2.24, 2.45) is 5.73 Å². The molecule has 0 saturated carbocycles. The van der Waals surface area contributed by atoms with E-state index in [2.05, 4.69) is 16.7 Å². The Kier molecular flexibility index (Phi) is 12.1. The van der Waals surface area contributed by atoms with E-state index in [1.165, 1.54) is 6.07 Å². The van der Waals surface area contributed by atoms with Gasteiger partial charge in [-0.15, -0.1) is 0 Å². The highest BCUT2D eigenvalue weighted by molar-refractivity contribution is 5.94. The monoisotopic (exact) mass is 532 g/mol. The molecule has 12 heteroatoms. The van der Waals surface area contributed by atoms with Gasteiger partial charge in [-0.3, -0.25) is 24.1 Å². The first-order valence-corrected chi connectivity index (χ1v) is 12.0. The third-order valence-corrected chi connectivity index (χ3v) is 5.05. The van der Waals surface area contributed by atoms with Gasteiger partial charge in [0.25, 0.3) is 5.91 Å². The summed E-state index contributed by atoms with van der Waals surface area (Å²) in [4.78, 5) is 63.1. The lowest BCUT2D eigenvalue weighted by atomic mass is 9.99. The van der Waals surface area contributed by atoms with Crippen molar-refractivity contribution in [3.8, 4) is 18.2 Å². The van der Waals surface area contributed by atoms with Crippen LogP contribution in [0.1, 0.15) is 64.1 Å². The molecule has 1 rings (SSSR count). The molecule has 0 radical (unpaired) electrons. The van der Waals surface area contributed by atoms with Crippen molar-refractivity contribution in [2.75, 3.05) is 13.2 Å². The lowest BCUT2D eigenvalue weighted by Crippen LogP contribution is -2.51. The summed E-state index contributed by atoms with van der Waals surface area (Å²) in [5, 5.41) is 15.6. The van der Waals surface area contributed by atoms with Crippen molar-refractivity contribution in [2.45, 2.75) is 71.6 Å². The van der Waals surface area contributed by atoms with Gasteiger partial charge in [-0.1, -0.05) is 24.6 Å². The number of nitrogens with one attached hydrogen (secondary N) is 2. The number of para-hydroxylation sites is 1. The molecule has 5 N–H and O–H groups in total. The second-order valence-electron chi connectivity index (χ2n) is 9.30. The molecule has 1 aromatic rings. The lowest BCUT2D eigenvalue weighted by molar-refractivity contribution is -0.143. The number of rotatable bonds is 12. The van der Waals surface area contributed by atoms with Crippen LogP contribution in [0.4, 0.5) is 4.79 Å². The number of carbonyl (C=O) groups excluding carboxylic acids is 5. The van der Waals surface area contributed by atoms with Crippen LogP contribution in [0.25, 0.3) is 0 Å². The maximum atomic E-state index is 13.6. The molecule has 4 amide bonds. The van der Waals surface area contributed by atoms with Crippen LogP contribution in [0, 0.1) is 19.4 Å². The molecule has 0 heterocycles. The number of nitrogens with two attached hydrogens (primary N) is 1. The third kappa shape index (κ3) is 10.0. The molecule has 0 aliphatic heterocycles. The van der Waals surface area contributed by atoms with Crippen LogP contribution in [0.2, 0.25) is 0 Å². The minimum atomic E-state index is -1.55. The summed E-state index contributed by atoms with van der Waals surface area (Å²) in [5.41, 5.74) is 4.77. The zero-order chi connectivity index (χ0) is 29.0. The quantitative estimate of drug-likeness (QED) is 0.177. The first kappa shape index (κ1) is 31.8. The number of phenolic OH excluding ortho intramolecular Hbond substituents is 1. The minimum Gasteiger partial charge on any atom is -0.507 e. The third-order valence-electron chi connectivity index (χ3n) is 5.05. The molecule has 2 atom stereocenters. The summed E-state index contributed by atoms with van der Waals surface area (Å²) in [6.45, 7) is 8.14. The summed E-state index contributed by atoms with van der Waals surface area (Å²) in [7, 11) is 0. The van der Waals surface area contributed by atoms with Crippen molar-refractivity contribution in [3.63, 3.8) is 0 Å². The van der Waals surface area contributed by atoms with E-state index in [-0.39, 0.29) is 43.7 Å². The number of carbonyl (C=O) groups is 5. The van der Waals surface area contributed by atoms with Crippen LogP contribution in [0.5, 0.6) is 5.75 Å². The normalized spacial score (nSPS) is 12.3. The molecule has 0 saturated heterocycles. The predicted octanol–water partition coefficient (Wildman–Crippen LogP) is 1.39. The van der Waals surface area contributed by atoms with Crippen LogP contribution >= 0.6 is 0 Å². The van der Waals surface area contributed by atoms with Gasteiger partial charge in [-0.2, -0.15) is 0 Å². The highest BCUT2D eigenvalue weighted by atomic mass is 16.6. The predicted molar refractivity (Wildman–Crippen MR) is 137 cm³/mol. The van der Waals surface area contributed by atoms with E-state index in [0.717, 1.165) is 0 Å². The number of primary amides is 1. The molecule has 0 aliphatic rings. The molecule has 0 fully saturated rings. The number of hydrogen-bond acceptors (Lipinski definition) is 8. The van der Waals surface area contributed by atoms with Gasteiger partial charge in [-0.05, 0) is 46.6 Å². The van der Waals surface area contributed by atoms with Crippen LogP contribution in [-0.4, -0.2) is 64.6 Å². The molecule has 12 nitrogen and oxygen atoms in total. The molecule has 38 heavy (non-hydrogen) atoms. The molecule has 1 aromatic carbocycles. The van der Waals surface area contributed by atoms with Crippen LogP contribution in [0.3, 0.4) is 0 Å². The molecule has 208 valence electrons. The highest BCUT2D eigenvalue weighted by Gasteiger charge is 2.37. The van der Waals surface area contributed by atoms with Crippen molar-refractivity contribution in [1.29, 1.82) is 0 Å². The number of amides is 4. The summed E-state index contributed by atoms with van der Waals surface area (Å²) in [6.07, 6.45) is 4.06. The van der Waals surface area contributed by atoms with E-state index in [0.29, 0.717) is 10.5 Å². The van der Waals surface area contributed by atoms with Crippen molar-refractivity contribution < 1.29 is 38.6 Å². The number of terminal acetylenes is 1. The first-order chi connectivity index (χ1) is 17.7. The SMILES string of the molecule is C#CN(C(=O)C(CCC(N)=O)NC(=O)OC(C)(C)C)C(C(=O)NCCC(=O)OCC)c1cccc(C)c1O. The number of alkyl carbamates (subject to hydrolysis) is 1. The number of phenols is 1. The van der Waals surface area contributed by atoms with Crippen LogP contribution in [-0.2, 0) is 28.7 Å². The topological polar surface area (TPSA) is 177 Å². The molecular weight excluding hydrogens is 496 g/mol. The van der Waals surface area contributed by atoms with Crippen molar-refractivity contribution in [3.05, 3.63) is 29.3 Å². The van der Waals surface area contributed by atoms with E-state index in [1.54, 1.807) is 46.8 Å². The van der Waals surface area contributed by atoms with Gasteiger partial charge < -0.3 is 30.9 Å². The Hall–Kier alpha value is -4.27. The van der Waals surface area contributed by atoms with Gasteiger partial charge in [0, 0.05) is 24.6 Å². The van der Waals surface area contributed by atoms with Crippen molar-refractivity contribution in [1.82, 2.24) is 15.5 Å². The summed E-state index contributed by atoms with van der Waals surface area (Å²) in [5.74, 6) is -3.27. The molecular formula is C26H36N4O8.